The van der Waals surface area contributed by atoms with Crippen LogP contribution in [-0.4, -0.2) is 55.2 Å². The van der Waals surface area contributed by atoms with E-state index >= 15 is 0 Å². The van der Waals surface area contributed by atoms with Crippen LogP contribution in [0.3, 0.4) is 0 Å². The van der Waals surface area contributed by atoms with Crippen molar-refractivity contribution in [3.05, 3.63) is 66.0 Å². The van der Waals surface area contributed by atoms with Crippen LogP contribution in [0.4, 0.5) is 4.39 Å². The second-order valence-corrected chi connectivity index (χ2v) is 8.47. The van der Waals surface area contributed by atoms with Crippen LogP contribution in [0.2, 0.25) is 0 Å². The number of nitrogens with zero attached hydrogens (tertiary/aromatic N) is 3. The fourth-order valence-electron chi connectivity index (χ4n) is 4.86. The van der Waals surface area contributed by atoms with Crippen LogP contribution in [0.15, 0.2) is 54.6 Å². The first-order valence-electron chi connectivity index (χ1n) is 11.0. The Kier molecular flexibility index (Phi) is 6.66. The summed E-state index contributed by atoms with van der Waals surface area (Å²) in [6.07, 6.45) is 4.08. The van der Waals surface area contributed by atoms with Gasteiger partial charge in [-0.2, -0.15) is 5.26 Å². The third-order valence-corrected chi connectivity index (χ3v) is 6.76. The summed E-state index contributed by atoms with van der Waals surface area (Å²) < 4.78 is 18.7. The molecule has 1 saturated carbocycles. The zero-order valence-corrected chi connectivity index (χ0v) is 17.5. The molecule has 4 nitrogen and oxygen atoms in total. The Morgan fingerprint density at radius 1 is 0.967 bits per heavy atom. The van der Waals surface area contributed by atoms with Crippen LogP contribution in [0.25, 0.3) is 0 Å². The number of rotatable bonds is 6. The molecule has 2 aromatic rings. The zero-order valence-electron chi connectivity index (χ0n) is 17.5. The maximum Gasteiger partial charge on any atom is 0.123 e. The van der Waals surface area contributed by atoms with Gasteiger partial charge in [0, 0.05) is 38.8 Å². The lowest BCUT2D eigenvalue weighted by molar-refractivity contribution is 0.0647. The highest BCUT2D eigenvalue weighted by atomic mass is 19.1. The topological polar surface area (TPSA) is 39.5 Å². The Balaban J connectivity index is 1.20. The molecule has 30 heavy (non-hydrogen) atoms. The number of benzene rings is 2. The van der Waals surface area contributed by atoms with Crippen LogP contribution in [0.1, 0.15) is 31.2 Å². The van der Waals surface area contributed by atoms with Crippen molar-refractivity contribution in [2.24, 2.45) is 0 Å². The molecule has 0 atom stereocenters. The van der Waals surface area contributed by atoms with E-state index in [4.69, 9.17) is 4.74 Å². The van der Waals surface area contributed by atoms with Gasteiger partial charge in [0.25, 0.3) is 0 Å². The van der Waals surface area contributed by atoms with Gasteiger partial charge in [-0.3, -0.25) is 9.80 Å². The summed E-state index contributed by atoms with van der Waals surface area (Å²) in [6, 6.07) is 19.8. The van der Waals surface area contributed by atoms with Crippen LogP contribution in [0, 0.1) is 17.1 Å². The van der Waals surface area contributed by atoms with Gasteiger partial charge in [0.2, 0.25) is 0 Å². The van der Waals surface area contributed by atoms with E-state index in [2.05, 4.69) is 28.0 Å². The fourth-order valence-corrected chi connectivity index (χ4v) is 4.86. The first-order valence-corrected chi connectivity index (χ1v) is 11.0. The quantitative estimate of drug-likeness (QED) is 0.719. The van der Waals surface area contributed by atoms with Gasteiger partial charge in [-0.15, -0.1) is 0 Å². The number of hydrogen-bond donors (Lipinski definition) is 0. The summed E-state index contributed by atoms with van der Waals surface area (Å²) in [5, 5.41) is 9.90. The van der Waals surface area contributed by atoms with Gasteiger partial charge in [-0.25, -0.2) is 4.39 Å². The van der Waals surface area contributed by atoms with Crippen molar-refractivity contribution in [1.29, 1.82) is 5.26 Å². The Labute approximate surface area is 178 Å². The molecule has 0 spiro atoms. The standard InChI is InChI=1S/C25H30FN3O/c26-22-6-8-24(9-7-22)30-19-18-28-14-16-29(17-15-28)23-10-12-25(20-27,13-11-23)21-4-2-1-3-5-21/h1-9,23H,10-19H2/t23-,25-. The van der Waals surface area contributed by atoms with Crippen LogP contribution >= 0.6 is 0 Å². The second kappa shape index (κ2) is 9.59. The second-order valence-electron chi connectivity index (χ2n) is 8.47. The molecule has 158 valence electrons. The molecular weight excluding hydrogens is 377 g/mol. The number of nitriles is 1. The van der Waals surface area contributed by atoms with E-state index in [1.54, 1.807) is 12.1 Å². The van der Waals surface area contributed by atoms with E-state index in [-0.39, 0.29) is 11.2 Å². The molecule has 4 rings (SSSR count). The Morgan fingerprint density at radius 2 is 1.63 bits per heavy atom. The molecule has 1 heterocycles. The number of piperazine rings is 1. The molecule has 0 bridgehead atoms. The van der Waals surface area contributed by atoms with Crippen molar-refractivity contribution in [2.75, 3.05) is 39.3 Å². The first kappa shape index (κ1) is 20.8. The molecule has 1 aliphatic carbocycles. The molecule has 0 aromatic heterocycles. The monoisotopic (exact) mass is 407 g/mol. The van der Waals surface area contributed by atoms with Crippen molar-refractivity contribution in [1.82, 2.24) is 9.80 Å². The Bertz CT molecular complexity index is 833. The van der Waals surface area contributed by atoms with E-state index in [0.717, 1.165) is 64.2 Å². The minimum Gasteiger partial charge on any atom is -0.492 e. The minimum absolute atomic E-state index is 0.239. The van der Waals surface area contributed by atoms with E-state index in [0.29, 0.717) is 12.6 Å². The van der Waals surface area contributed by atoms with E-state index in [9.17, 15) is 9.65 Å². The van der Waals surface area contributed by atoms with Crippen LogP contribution in [0.5, 0.6) is 5.75 Å². The number of hydrogen-bond acceptors (Lipinski definition) is 4. The predicted molar refractivity (Wildman–Crippen MR) is 116 cm³/mol. The third kappa shape index (κ3) is 4.83. The van der Waals surface area contributed by atoms with E-state index in [1.807, 2.05) is 18.2 Å². The highest BCUT2D eigenvalue weighted by Gasteiger charge is 2.39. The van der Waals surface area contributed by atoms with Gasteiger partial charge in [0.1, 0.15) is 18.2 Å². The molecule has 0 unspecified atom stereocenters. The molecular formula is C25H30FN3O. The number of ether oxygens (including phenoxy) is 1. The highest BCUT2D eigenvalue weighted by Crippen LogP contribution is 2.40. The maximum atomic E-state index is 13.0. The first-order chi connectivity index (χ1) is 14.7. The fraction of sp³-hybridized carbons (Fsp3) is 0.480. The minimum atomic E-state index is -0.308. The SMILES string of the molecule is N#C[C@]1(c2ccccc2)CC[C@H](N2CCN(CCOc3ccc(F)cc3)CC2)CC1. The van der Waals surface area contributed by atoms with Gasteiger partial charge in [-0.1, -0.05) is 30.3 Å². The normalized spacial score (nSPS) is 25.5. The van der Waals surface area contributed by atoms with Crippen molar-refractivity contribution in [2.45, 2.75) is 37.1 Å². The summed E-state index contributed by atoms with van der Waals surface area (Å²) in [5.74, 6) is 0.480. The lowest BCUT2D eigenvalue weighted by Crippen LogP contribution is -2.52. The zero-order chi connectivity index (χ0) is 20.8. The summed E-state index contributed by atoms with van der Waals surface area (Å²) in [5.41, 5.74) is 0.869. The summed E-state index contributed by atoms with van der Waals surface area (Å²) in [6.45, 7) is 5.76. The molecule has 5 heteroatoms. The predicted octanol–water partition coefficient (Wildman–Crippen LogP) is 4.23. The summed E-state index contributed by atoms with van der Waals surface area (Å²) in [4.78, 5) is 5.05. The van der Waals surface area contributed by atoms with E-state index in [1.165, 1.54) is 17.7 Å². The van der Waals surface area contributed by atoms with Gasteiger partial charge < -0.3 is 4.74 Å². The smallest absolute Gasteiger partial charge is 0.123 e. The summed E-state index contributed by atoms with van der Waals surface area (Å²) in [7, 11) is 0. The van der Waals surface area contributed by atoms with Crippen molar-refractivity contribution >= 4 is 0 Å². The molecule has 2 aliphatic rings. The average molecular weight is 408 g/mol. The lowest BCUT2D eigenvalue weighted by atomic mass is 9.69. The molecule has 0 amide bonds. The van der Waals surface area contributed by atoms with Gasteiger partial charge >= 0.3 is 0 Å². The summed E-state index contributed by atoms with van der Waals surface area (Å²) >= 11 is 0. The van der Waals surface area contributed by atoms with E-state index < -0.39 is 0 Å². The van der Waals surface area contributed by atoms with Crippen LogP contribution < -0.4 is 4.74 Å². The molecule has 0 N–H and O–H groups in total. The molecule has 0 radical (unpaired) electrons. The highest BCUT2D eigenvalue weighted by molar-refractivity contribution is 5.33. The van der Waals surface area contributed by atoms with Gasteiger partial charge in [0.05, 0.1) is 11.5 Å². The van der Waals surface area contributed by atoms with Crippen molar-refractivity contribution < 1.29 is 9.13 Å². The van der Waals surface area contributed by atoms with Crippen LogP contribution in [-0.2, 0) is 5.41 Å². The average Bonchev–Trinajstić information content (AvgIpc) is 2.81. The van der Waals surface area contributed by atoms with Crippen molar-refractivity contribution in [3.63, 3.8) is 0 Å². The van der Waals surface area contributed by atoms with Gasteiger partial charge in [-0.05, 0) is 55.5 Å². The third-order valence-electron chi connectivity index (χ3n) is 6.76. The lowest BCUT2D eigenvalue weighted by Gasteiger charge is -2.44. The molecule has 2 fully saturated rings. The Morgan fingerprint density at radius 3 is 2.27 bits per heavy atom. The Hall–Kier alpha value is -2.42. The largest absolute Gasteiger partial charge is 0.492 e. The molecule has 1 saturated heterocycles. The maximum absolute atomic E-state index is 13.0. The van der Waals surface area contributed by atoms with Crippen molar-refractivity contribution in [3.8, 4) is 11.8 Å². The van der Waals surface area contributed by atoms with Gasteiger partial charge in [0.15, 0.2) is 0 Å². The molecule has 1 aliphatic heterocycles. The number of halogens is 1. The molecule has 2 aromatic carbocycles.